The molecule has 0 spiro atoms. The van der Waals surface area contributed by atoms with Crippen molar-refractivity contribution in [2.45, 2.75) is 37.9 Å². The van der Waals surface area contributed by atoms with E-state index in [2.05, 4.69) is 43.1 Å². The Labute approximate surface area is 236 Å². The third-order valence-electron chi connectivity index (χ3n) is 5.38. The number of halogens is 3. The smallest absolute Gasteiger partial charge is 0.196 e. The van der Waals surface area contributed by atoms with Gasteiger partial charge in [-0.05, 0) is 53.4 Å². The summed E-state index contributed by atoms with van der Waals surface area (Å²) in [6.45, 7) is 6.77. The Bertz CT molecular complexity index is 1320. The first-order chi connectivity index (χ1) is 16.7. The topological polar surface area (TPSA) is 57.0 Å². The van der Waals surface area contributed by atoms with Crippen molar-refractivity contribution in [2.75, 3.05) is 5.75 Å². The standard InChI is InChI=1S/C27H25Cl2N3O2S.BrH/c1-27(2,3)19-10-12-21(13-11-19)34-16-25-30-31-26(32(25)20-7-5-4-6-8-20)35-17-24(33)18-9-14-22(28)23(29)15-18;/h4-15H,16-17H2,1-3H3;1H. The summed E-state index contributed by atoms with van der Waals surface area (Å²) in [6, 6.07) is 22.7. The van der Waals surface area contributed by atoms with E-state index in [9.17, 15) is 4.79 Å². The van der Waals surface area contributed by atoms with Crippen LogP contribution in [0.4, 0.5) is 0 Å². The molecule has 0 aliphatic rings. The maximum Gasteiger partial charge on any atom is 0.196 e. The third kappa shape index (κ3) is 6.91. The van der Waals surface area contributed by atoms with Crippen LogP contribution in [0.2, 0.25) is 10.0 Å². The SMILES string of the molecule is Br.CC(C)(C)c1ccc(OCc2nnc(SCC(=O)c3ccc(Cl)c(Cl)c3)n2-c2ccccc2)cc1. The second kappa shape index (κ2) is 12.3. The molecule has 0 saturated heterocycles. The van der Waals surface area contributed by atoms with Gasteiger partial charge in [0.05, 0.1) is 15.8 Å². The summed E-state index contributed by atoms with van der Waals surface area (Å²) in [7, 11) is 0. The van der Waals surface area contributed by atoms with Gasteiger partial charge in [-0.15, -0.1) is 27.2 Å². The maximum atomic E-state index is 12.7. The molecule has 0 aliphatic heterocycles. The number of hydrogen-bond donors (Lipinski definition) is 0. The fraction of sp³-hybridized carbons (Fsp3) is 0.222. The zero-order valence-corrected chi connectivity index (χ0v) is 24.1. The minimum absolute atomic E-state index is 0. The fourth-order valence-corrected chi connectivity index (χ4v) is 4.57. The van der Waals surface area contributed by atoms with E-state index in [1.54, 1.807) is 18.2 Å². The van der Waals surface area contributed by atoms with Gasteiger partial charge in [0.1, 0.15) is 12.4 Å². The lowest BCUT2D eigenvalue weighted by Crippen LogP contribution is -2.11. The van der Waals surface area contributed by atoms with Crippen molar-refractivity contribution in [3.05, 3.63) is 99.8 Å². The summed E-state index contributed by atoms with van der Waals surface area (Å²) in [5, 5.41) is 10.1. The number of hydrogen-bond acceptors (Lipinski definition) is 5. The Morgan fingerprint density at radius 3 is 2.28 bits per heavy atom. The Balaban J connectivity index is 0.00000361. The van der Waals surface area contributed by atoms with Crippen molar-refractivity contribution in [2.24, 2.45) is 0 Å². The molecule has 188 valence electrons. The van der Waals surface area contributed by atoms with E-state index in [4.69, 9.17) is 27.9 Å². The van der Waals surface area contributed by atoms with Crippen molar-refractivity contribution in [1.82, 2.24) is 14.8 Å². The third-order valence-corrected chi connectivity index (χ3v) is 7.04. The van der Waals surface area contributed by atoms with E-state index in [-0.39, 0.29) is 40.5 Å². The summed E-state index contributed by atoms with van der Waals surface area (Å²) in [5.74, 6) is 1.50. The average Bonchev–Trinajstić information content (AvgIpc) is 3.26. The van der Waals surface area contributed by atoms with E-state index < -0.39 is 0 Å². The molecule has 0 radical (unpaired) electrons. The number of thioether (sulfide) groups is 1. The number of benzene rings is 3. The first-order valence-corrected chi connectivity index (χ1v) is 12.8. The highest BCUT2D eigenvalue weighted by Crippen LogP contribution is 2.27. The maximum absolute atomic E-state index is 12.7. The highest BCUT2D eigenvalue weighted by Gasteiger charge is 2.18. The number of nitrogens with zero attached hydrogens (tertiary/aromatic N) is 3. The lowest BCUT2D eigenvalue weighted by molar-refractivity contribution is 0.102. The van der Waals surface area contributed by atoms with Crippen molar-refractivity contribution >= 4 is 57.7 Å². The molecule has 5 nitrogen and oxygen atoms in total. The van der Waals surface area contributed by atoms with Gasteiger partial charge in [-0.1, -0.05) is 86.1 Å². The van der Waals surface area contributed by atoms with E-state index in [1.165, 1.54) is 17.3 Å². The van der Waals surface area contributed by atoms with Crippen LogP contribution in [0.25, 0.3) is 5.69 Å². The Hall–Kier alpha value is -2.32. The summed E-state index contributed by atoms with van der Waals surface area (Å²) >= 11 is 13.3. The molecule has 4 aromatic rings. The molecule has 0 N–H and O–H groups in total. The Kier molecular flexibility index (Phi) is 9.64. The first-order valence-electron chi connectivity index (χ1n) is 11.1. The molecule has 9 heteroatoms. The second-order valence-electron chi connectivity index (χ2n) is 8.97. The van der Waals surface area contributed by atoms with Gasteiger partial charge in [-0.25, -0.2) is 0 Å². The number of ketones is 1. The molecular formula is C27H26BrCl2N3O2S. The molecule has 0 aliphatic carbocycles. The molecule has 0 amide bonds. The van der Waals surface area contributed by atoms with Crippen LogP contribution in [0.3, 0.4) is 0 Å². The summed E-state index contributed by atoms with van der Waals surface area (Å²) in [6.07, 6.45) is 0. The highest BCUT2D eigenvalue weighted by molar-refractivity contribution is 8.93. The lowest BCUT2D eigenvalue weighted by atomic mass is 9.87. The van der Waals surface area contributed by atoms with Crippen LogP contribution >= 0.6 is 51.9 Å². The largest absolute Gasteiger partial charge is 0.486 e. The van der Waals surface area contributed by atoms with Gasteiger partial charge >= 0.3 is 0 Å². The van der Waals surface area contributed by atoms with Crippen LogP contribution in [0.5, 0.6) is 5.75 Å². The number of ether oxygens (including phenoxy) is 1. The summed E-state index contributed by atoms with van der Waals surface area (Å²) in [5.41, 5.74) is 2.71. The van der Waals surface area contributed by atoms with Crippen molar-refractivity contribution in [3.63, 3.8) is 0 Å². The number of carbonyl (C=O) groups is 1. The molecule has 1 heterocycles. The predicted molar refractivity (Wildman–Crippen MR) is 153 cm³/mol. The van der Waals surface area contributed by atoms with E-state index in [1.807, 2.05) is 47.0 Å². The second-order valence-corrected chi connectivity index (χ2v) is 10.7. The number of carbonyl (C=O) groups excluding carboxylic acids is 1. The quantitative estimate of drug-likeness (QED) is 0.150. The van der Waals surface area contributed by atoms with Crippen LogP contribution in [-0.4, -0.2) is 26.3 Å². The molecule has 4 rings (SSSR count). The van der Waals surface area contributed by atoms with Gasteiger partial charge < -0.3 is 4.74 Å². The van der Waals surface area contributed by atoms with Gasteiger partial charge in [0.25, 0.3) is 0 Å². The minimum Gasteiger partial charge on any atom is -0.486 e. The number of rotatable bonds is 8. The molecule has 0 fully saturated rings. The summed E-state index contributed by atoms with van der Waals surface area (Å²) in [4.78, 5) is 12.7. The van der Waals surface area contributed by atoms with Gasteiger partial charge in [-0.2, -0.15) is 0 Å². The van der Waals surface area contributed by atoms with E-state index in [0.29, 0.717) is 26.6 Å². The van der Waals surface area contributed by atoms with Crippen LogP contribution < -0.4 is 4.74 Å². The number of Topliss-reactive ketones (excluding diaryl/α,β-unsaturated/α-hetero) is 1. The molecule has 0 saturated carbocycles. The Morgan fingerprint density at radius 2 is 1.64 bits per heavy atom. The number of para-hydroxylation sites is 1. The van der Waals surface area contributed by atoms with Crippen LogP contribution in [0, 0.1) is 0 Å². The van der Waals surface area contributed by atoms with Crippen molar-refractivity contribution in [1.29, 1.82) is 0 Å². The van der Waals surface area contributed by atoms with Gasteiger partial charge in [0, 0.05) is 11.3 Å². The molecule has 0 bridgehead atoms. The first kappa shape index (κ1) is 28.3. The van der Waals surface area contributed by atoms with Crippen LogP contribution in [0.1, 0.15) is 42.5 Å². The minimum atomic E-state index is -0.0760. The molecule has 0 unspecified atom stereocenters. The monoisotopic (exact) mass is 605 g/mol. The van der Waals surface area contributed by atoms with E-state index in [0.717, 1.165) is 11.4 Å². The highest BCUT2D eigenvalue weighted by atomic mass is 79.9. The zero-order valence-electron chi connectivity index (χ0n) is 20.1. The predicted octanol–water partition coefficient (Wildman–Crippen LogP) is 8.00. The normalized spacial score (nSPS) is 11.1. The lowest BCUT2D eigenvalue weighted by Gasteiger charge is -2.19. The summed E-state index contributed by atoms with van der Waals surface area (Å²) < 4.78 is 7.94. The van der Waals surface area contributed by atoms with Gasteiger partial charge in [-0.3, -0.25) is 9.36 Å². The molecular weight excluding hydrogens is 581 g/mol. The Morgan fingerprint density at radius 1 is 0.944 bits per heavy atom. The molecule has 3 aromatic carbocycles. The van der Waals surface area contributed by atoms with Crippen molar-refractivity contribution in [3.8, 4) is 11.4 Å². The fourth-order valence-electron chi connectivity index (χ4n) is 3.41. The average molecular weight is 607 g/mol. The van der Waals surface area contributed by atoms with Crippen LogP contribution in [-0.2, 0) is 12.0 Å². The number of aromatic nitrogens is 3. The van der Waals surface area contributed by atoms with Gasteiger partial charge in [0.2, 0.25) is 0 Å². The molecule has 1 aromatic heterocycles. The van der Waals surface area contributed by atoms with Crippen molar-refractivity contribution < 1.29 is 9.53 Å². The molecule has 0 atom stereocenters. The van der Waals surface area contributed by atoms with Crippen LogP contribution in [0.15, 0.2) is 78.0 Å². The van der Waals surface area contributed by atoms with E-state index >= 15 is 0 Å². The van der Waals surface area contributed by atoms with Gasteiger partial charge in [0.15, 0.2) is 16.8 Å². The molecule has 36 heavy (non-hydrogen) atoms. The zero-order chi connectivity index (χ0) is 25.0.